The Balaban J connectivity index is 0. The molecule has 0 aliphatic carbocycles. The van der Waals surface area contributed by atoms with Crippen molar-refractivity contribution < 1.29 is 29.3 Å². The van der Waals surface area contributed by atoms with E-state index in [-0.39, 0.29) is 0 Å². The molecule has 6 heteroatoms. The second-order valence-corrected chi connectivity index (χ2v) is 7.84. The molecular formula is C24H48O6. The summed E-state index contributed by atoms with van der Waals surface area (Å²) >= 11 is 0. The van der Waals surface area contributed by atoms with Crippen molar-refractivity contribution in [1.82, 2.24) is 0 Å². The summed E-state index contributed by atoms with van der Waals surface area (Å²) in [4.78, 5) is 19.3. The maximum Gasteiger partial charge on any atom is 0.329 e. The normalized spacial score (nSPS) is 10.5. The van der Waals surface area contributed by atoms with Crippen LogP contribution in [0, 0.1) is 0 Å². The van der Waals surface area contributed by atoms with Crippen LogP contribution in [0.5, 0.6) is 0 Å². The number of carbonyl (C=O) groups is 2. The summed E-state index contributed by atoms with van der Waals surface area (Å²) in [6.07, 6.45) is 22.2. The second kappa shape index (κ2) is 27.9. The summed E-state index contributed by atoms with van der Waals surface area (Å²) in [7, 11) is 0. The van der Waals surface area contributed by atoms with Crippen molar-refractivity contribution in [3.63, 3.8) is 0 Å². The van der Waals surface area contributed by atoms with Crippen LogP contribution in [0.3, 0.4) is 0 Å². The standard InChI is InChI=1S/C20H42O.C4H6O5/c1-3-5-7-9-11-13-15-17-19-21-20-18-16-14-12-10-8-6-4-2;5-3(6)1-9-2-4(7)8/h3-20H2,1-2H3;1-2H2,(H,5,6)(H,7,8). The molecule has 6 nitrogen and oxygen atoms in total. The summed E-state index contributed by atoms with van der Waals surface area (Å²) in [6.45, 7) is 5.42. The van der Waals surface area contributed by atoms with E-state index in [4.69, 9.17) is 14.9 Å². The summed E-state index contributed by atoms with van der Waals surface area (Å²) in [5.41, 5.74) is 0. The monoisotopic (exact) mass is 432 g/mol. The molecule has 30 heavy (non-hydrogen) atoms. The fraction of sp³-hybridized carbons (Fsp3) is 0.917. The van der Waals surface area contributed by atoms with Crippen LogP contribution in [0.1, 0.15) is 117 Å². The van der Waals surface area contributed by atoms with Crippen LogP contribution in [0.25, 0.3) is 0 Å². The molecule has 0 saturated carbocycles. The van der Waals surface area contributed by atoms with Gasteiger partial charge in [-0.3, -0.25) is 0 Å². The highest BCUT2D eigenvalue weighted by Gasteiger charge is 1.99. The molecule has 0 fully saturated rings. The van der Waals surface area contributed by atoms with E-state index < -0.39 is 25.2 Å². The maximum absolute atomic E-state index is 9.66. The average molecular weight is 433 g/mol. The van der Waals surface area contributed by atoms with Gasteiger partial charge in [-0.25, -0.2) is 9.59 Å². The Bertz CT molecular complexity index is 328. The van der Waals surface area contributed by atoms with Gasteiger partial charge in [0.1, 0.15) is 13.2 Å². The highest BCUT2D eigenvalue weighted by molar-refractivity contribution is 5.70. The minimum absolute atomic E-state index is 0.563. The first-order chi connectivity index (χ1) is 14.5. The summed E-state index contributed by atoms with van der Waals surface area (Å²) < 4.78 is 9.88. The molecule has 0 bridgehead atoms. The fourth-order valence-corrected chi connectivity index (χ4v) is 3.00. The van der Waals surface area contributed by atoms with Gasteiger partial charge in [0.15, 0.2) is 0 Å². The molecule has 0 saturated heterocycles. The number of hydrogen-bond acceptors (Lipinski definition) is 4. The quantitative estimate of drug-likeness (QED) is 0.191. The van der Waals surface area contributed by atoms with Gasteiger partial charge < -0.3 is 19.7 Å². The molecule has 180 valence electrons. The van der Waals surface area contributed by atoms with Crippen molar-refractivity contribution in [2.45, 2.75) is 117 Å². The zero-order valence-electron chi connectivity index (χ0n) is 19.7. The van der Waals surface area contributed by atoms with Gasteiger partial charge in [0.2, 0.25) is 0 Å². The maximum atomic E-state index is 9.66. The molecule has 0 rings (SSSR count). The summed E-state index contributed by atoms with van der Waals surface area (Å²) in [5, 5.41) is 15.8. The average Bonchev–Trinajstić information content (AvgIpc) is 2.70. The third-order valence-electron chi connectivity index (χ3n) is 4.74. The lowest BCUT2D eigenvalue weighted by atomic mass is 10.1. The zero-order valence-corrected chi connectivity index (χ0v) is 19.7. The fourth-order valence-electron chi connectivity index (χ4n) is 3.00. The number of rotatable bonds is 22. The Kier molecular flexibility index (Phi) is 28.8. The smallest absolute Gasteiger partial charge is 0.329 e. The van der Waals surface area contributed by atoms with Crippen LogP contribution in [0.15, 0.2) is 0 Å². The van der Waals surface area contributed by atoms with E-state index in [1.54, 1.807) is 0 Å². The van der Waals surface area contributed by atoms with E-state index in [2.05, 4.69) is 18.6 Å². The van der Waals surface area contributed by atoms with Crippen LogP contribution in [-0.2, 0) is 19.1 Å². The minimum Gasteiger partial charge on any atom is -0.480 e. The molecule has 0 aromatic carbocycles. The molecule has 0 unspecified atom stereocenters. The Hall–Kier alpha value is -1.14. The van der Waals surface area contributed by atoms with Crippen molar-refractivity contribution in [2.24, 2.45) is 0 Å². The Morgan fingerprint density at radius 1 is 0.500 bits per heavy atom. The van der Waals surface area contributed by atoms with Gasteiger partial charge in [-0.1, -0.05) is 104 Å². The molecule has 0 amide bonds. The topological polar surface area (TPSA) is 93.1 Å². The molecule has 0 spiro atoms. The van der Waals surface area contributed by atoms with Gasteiger partial charge in [0.05, 0.1) is 0 Å². The highest BCUT2D eigenvalue weighted by Crippen LogP contribution is 2.10. The number of ether oxygens (including phenoxy) is 2. The van der Waals surface area contributed by atoms with Crippen LogP contribution < -0.4 is 0 Å². The van der Waals surface area contributed by atoms with E-state index in [1.165, 1.54) is 103 Å². The molecule has 0 atom stereocenters. The summed E-state index contributed by atoms with van der Waals surface area (Å²) in [5.74, 6) is -2.34. The Morgan fingerprint density at radius 3 is 1.10 bits per heavy atom. The molecule has 0 aliphatic heterocycles. The number of hydrogen-bond donors (Lipinski definition) is 2. The Labute approximate surface area is 184 Å². The van der Waals surface area contributed by atoms with Crippen molar-refractivity contribution in [1.29, 1.82) is 0 Å². The third-order valence-corrected chi connectivity index (χ3v) is 4.74. The predicted octanol–water partition coefficient (Wildman–Crippen LogP) is 6.46. The minimum atomic E-state index is -1.17. The second-order valence-electron chi connectivity index (χ2n) is 7.84. The zero-order chi connectivity index (χ0) is 22.7. The molecule has 0 aromatic rings. The van der Waals surface area contributed by atoms with Gasteiger partial charge in [-0.2, -0.15) is 0 Å². The predicted molar refractivity (Wildman–Crippen MR) is 122 cm³/mol. The van der Waals surface area contributed by atoms with Gasteiger partial charge in [-0.15, -0.1) is 0 Å². The van der Waals surface area contributed by atoms with Crippen LogP contribution in [0.2, 0.25) is 0 Å². The number of carboxylic acids is 2. The first-order valence-electron chi connectivity index (χ1n) is 12.1. The van der Waals surface area contributed by atoms with Crippen LogP contribution in [0.4, 0.5) is 0 Å². The van der Waals surface area contributed by atoms with E-state index in [0.29, 0.717) is 0 Å². The van der Waals surface area contributed by atoms with Crippen LogP contribution >= 0.6 is 0 Å². The lowest BCUT2D eigenvalue weighted by Crippen LogP contribution is -2.13. The highest BCUT2D eigenvalue weighted by atomic mass is 16.5. The molecule has 2 N–H and O–H groups in total. The first-order valence-corrected chi connectivity index (χ1v) is 12.1. The lowest BCUT2D eigenvalue weighted by Gasteiger charge is -2.05. The van der Waals surface area contributed by atoms with Gasteiger partial charge in [-0.05, 0) is 12.8 Å². The van der Waals surface area contributed by atoms with Gasteiger partial charge in [0.25, 0.3) is 0 Å². The third kappa shape index (κ3) is 34.4. The Morgan fingerprint density at radius 2 is 0.800 bits per heavy atom. The van der Waals surface area contributed by atoms with Crippen LogP contribution in [-0.4, -0.2) is 48.6 Å². The van der Waals surface area contributed by atoms with Crippen molar-refractivity contribution in [2.75, 3.05) is 26.4 Å². The molecule has 0 heterocycles. The molecule has 0 radical (unpaired) electrons. The van der Waals surface area contributed by atoms with Crippen molar-refractivity contribution in [3.05, 3.63) is 0 Å². The van der Waals surface area contributed by atoms with Crippen molar-refractivity contribution in [3.8, 4) is 0 Å². The van der Waals surface area contributed by atoms with E-state index >= 15 is 0 Å². The lowest BCUT2D eigenvalue weighted by molar-refractivity contribution is -0.148. The SMILES string of the molecule is CCCCCCCCCCOCCCCCCCCCC.O=C(O)COCC(=O)O. The van der Waals surface area contributed by atoms with E-state index in [0.717, 1.165) is 13.2 Å². The van der Waals surface area contributed by atoms with E-state index in [1.807, 2.05) is 0 Å². The van der Waals surface area contributed by atoms with Crippen molar-refractivity contribution >= 4 is 11.9 Å². The first kappa shape index (κ1) is 31.0. The van der Waals surface area contributed by atoms with E-state index in [9.17, 15) is 9.59 Å². The molecule has 0 aliphatic rings. The largest absolute Gasteiger partial charge is 0.480 e. The number of aliphatic carboxylic acids is 2. The van der Waals surface area contributed by atoms with Gasteiger partial charge in [0, 0.05) is 13.2 Å². The number of unbranched alkanes of at least 4 members (excludes halogenated alkanes) is 14. The summed E-state index contributed by atoms with van der Waals surface area (Å²) in [6, 6.07) is 0. The van der Waals surface area contributed by atoms with Gasteiger partial charge >= 0.3 is 11.9 Å². The molecular weight excluding hydrogens is 384 g/mol. The number of carboxylic acid groups (broad SMARTS) is 2. The molecule has 0 aromatic heterocycles.